The molecular formula is C12H10ClF10NO. The molecule has 2 N–H and O–H groups in total. The number of hydrogen-bond donors (Lipinski definition) is 2. The van der Waals surface area contributed by atoms with E-state index in [1.807, 2.05) is 4.98 Å². The van der Waals surface area contributed by atoms with Crippen molar-refractivity contribution in [1.29, 1.82) is 0 Å². The van der Waals surface area contributed by atoms with E-state index in [2.05, 4.69) is 11.6 Å². The molecule has 0 radical (unpaired) electrons. The normalized spacial score (nSPS) is 14.9. The van der Waals surface area contributed by atoms with Gasteiger partial charge in [0.15, 0.2) is 0 Å². The lowest BCUT2D eigenvalue weighted by Crippen LogP contribution is -2.65. The largest absolute Gasteiger partial charge is 0.396 e. The maximum Gasteiger partial charge on any atom is 0.393 e. The Morgan fingerprint density at radius 2 is 1.40 bits per heavy atom. The Balaban J connectivity index is 3.31. The van der Waals surface area contributed by atoms with Crippen LogP contribution < -0.4 is 0 Å². The summed E-state index contributed by atoms with van der Waals surface area (Å²) in [6.07, 6.45) is -0.00719. The molecule has 25 heavy (non-hydrogen) atoms. The van der Waals surface area contributed by atoms with Crippen LogP contribution in [0, 0.1) is 0 Å². The van der Waals surface area contributed by atoms with Crippen molar-refractivity contribution in [2.45, 2.75) is 41.9 Å². The van der Waals surface area contributed by atoms with Crippen molar-refractivity contribution in [1.82, 2.24) is 4.98 Å². The second-order valence-corrected chi connectivity index (χ2v) is 5.51. The highest BCUT2D eigenvalue weighted by molar-refractivity contribution is 6.22. The second-order valence-electron chi connectivity index (χ2n) is 5.04. The van der Waals surface area contributed by atoms with Crippen molar-refractivity contribution in [3.05, 3.63) is 23.5 Å². The molecule has 0 saturated carbocycles. The highest BCUT2D eigenvalue weighted by Gasteiger charge is 2.86. The van der Waals surface area contributed by atoms with Gasteiger partial charge < -0.3 is 10.1 Å². The standard InChI is InChI=1S/C12H10ClF10NO/c13-12(22,23)11(20,21)10(18,19)9(16,17)8(14,15)6-4-7(24-5-6)2-1-3-25/h4-5,24-25H,1-3H2. The summed E-state index contributed by atoms with van der Waals surface area (Å²) in [5.74, 6) is -27.0. The number of aryl methyl sites for hydroxylation is 1. The molecule has 0 aliphatic heterocycles. The number of nitrogens with one attached hydrogen (secondary N) is 1. The van der Waals surface area contributed by atoms with E-state index in [4.69, 9.17) is 5.11 Å². The molecular weight excluding hydrogens is 400 g/mol. The third-order valence-electron chi connectivity index (χ3n) is 3.25. The van der Waals surface area contributed by atoms with Crippen LogP contribution in [0.5, 0.6) is 0 Å². The number of alkyl halides is 11. The van der Waals surface area contributed by atoms with Crippen LogP contribution >= 0.6 is 11.6 Å². The summed E-state index contributed by atoms with van der Waals surface area (Å²) in [4.78, 5) is 2.01. The zero-order valence-corrected chi connectivity index (χ0v) is 12.6. The van der Waals surface area contributed by atoms with Crippen molar-refractivity contribution < 1.29 is 49.0 Å². The van der Waals surface area contributed by atoms with Crippen molar-refractivity contribution >= 4 is 11.6 Å². The van der Waals surface area contributed by atoms with Crippen LogP contribution in [0.4, 0.5) is 43.9 Å². The van der Waals surface area contributed by atoms with Crippen LogP contribution in [-0.4, -0.2) is 39.8 Å². The van der Waals surface area contributed by atoms with Gasteiger partial charge in [0.25, 0.3) is 0 Å². The van der Waals surface area contributed by atoms with Gasteiger partial charge in [-0.05, 0) is 30.5 Å². The molecule has 0 aliphatic carbocycles. The number of H-pyrrole nitrogens is 1. The minimum Gasteiger partial charge on any atom is -0.396 e. The molecule has 1 heterocycles. The van der Waals surface area contributed by atoms with Crippen molar-refractivity contribution in [3.63, 3.8) is 0 Å². The summed E-state index contributed by atoms with van der Waals surface area (Å²) >= 11 is 3.70. The molecule has 1 rings (SSSR count). The number of rotatable bonds is 8. The molecule has 0 fully saturated rings. The molecule has 0 spiro atoms. The van der Waals surface area contributed by atoms with Gasteiger partial charge in [0.1, 0.15) is 0 Å². The van der Waals surface area contributed by atoms with Crippen LogP contribution in [0.25, 0.3) is 0 Å². The van der Waals surface area contributed by atoms with Crippen molar-refractivity contribution in [3.8, 4) is 0 Å². The minimum absolute atomic E-state index is 0.00534. The highest BCUT2D eigenvalue weighted by atomic mass is 35.5. The Morgan fingerprint density at radius 1 is 0.880 bits per heavy atom. The van der Waals surface area contributed by atoms with Gasteiger partial charge in [0.2, 0.25) is 0 Å². The third-order valence-corrected chi connectivity index (χ3v) is 3.49. The van der Waals surface area contributed by atoms with Gasteiger partial charge in [0.05, 0.1) is 0 Å². The Hall–Kier alpha value is -1.17. The Bertz CT molecular complexity index is 595. The monoisotopic (exact) mass is 409 g/mol. The van der Waals surface area contributed by atoms with Crippen molar-refractivity contribution in [2.75, 3.05) is 6.61 Å². The molecule has 0 aliphatic rings. The van der Waals surface area contributed by atoms with E-state index in [1.54, 1.807) is 0 Å². The zero-order chi connectivity index (χ0) is 19.9. The lowest BCUT2D eigenvalue weighted by atomic mass is 9.94. The van der Waals surface area contributed by atoms with Crippen LogP contribution in [0.15, 0.2) is 12.3 Å². The lowest BCUT2D eigenvalue weighted by Gasteiger charge is -2.37. The van der Waals surface area contributed by atoms with E-state index in [-0.39, 0.29) is 30.8 Å². The smallest absolute Gasteiger partial charge is 0.393 e. The number of aliphatic hydroxyl groups excluding tert-OH is 1. The molecule has 0 aromatic carbocycles. The van der Waals surface area contributed by atoms with Gasteiger partial charge in [-0.15, -0.1) is 0 Å². The quantitative estimate of drug-likeness (QED) is 0.471. The summed E-state index contributed by atoms with van der Waals surface area (Å²) < 4.78 is 132. The first-order valence-corrected chi connectivity index (χ1v) is 6.78. The molecule has 1 aromatic rings. The van der Waals surface area contributed by atoms with E-state index in [9.17, 15) is 43.9 Å². The number of aromatic amines is 1. The fourth-order valence-electron chi connectivity index (χ4n) is 1.79. The zero-order valence-electron chi connectivity index (χ0n) is 11.9. The Kier molecular flexibility index (Phi) is 5.71. The molecule has 13 heteroatoms. The number of halogens is 11. The van der Waals surface area contributed by atoms with E-state index in [0.717, 1.165) is 0 Å². The highest BCUT2D eigenvalue weighted by Crippen LogP contribution is 2.60. The van der Waals surface area contributed by atoms with Crippen LogP contribution in [-0.2, 0) is 12.3 Å². The van der Waals surface area contributed by atoms with E-state index < -0.39 is 41.2 Å². The second kappa shape index (κ2) is 6.53. The predicted molar refractivity (Wildman–Crippen MR) is 65.7 cm³/mol. The van der Waals surface area contributed by atoms with Crippen LogP contribution in [0.2, 0.25) is 0 Å². The summed E-state index contributed by atoms with van der Waals surface area (Å²) in [5.41, 5.74) is -2.02. The first kappa shape index (κ1) is 21.9. The molecule has 0 unspecified atom stereocenters. The van der Waals surface area contributed by atoms with Gasteiger partial charge in [-0.3, -0.25) is 0 Å². The molecule has 2 nitrogen and oxygen atoms in total. The van der Waals surface area contributed by atoms with Gasteiger partial charge in [0, 0.05) is 24.1 Å². The number of aromatic nitrogens is 1. The van der Waals surface area contributed by atoms with E-state index >= 15 is 0 Å². The molecule has 0 bridgehead atoms. The summed E-state index contributed by atoms with van der Waals surface area (Å²) in [6.45, 7) is -0.407. The number of aliphatic hydroxyl groups is 1. The summed E-state index contributed by atoms with van der Waals surface area (Å²) in [6, 6.07) is 0.274. The Labute approximate surface area is 138 Å². The molecule has 0 amide bonds. The summed E-state index contributed by atoms with van der Waals surface area (Å²) in [7, 11) is 0. The van der Waals surface area contributed by atoms with Gasteiger partial charge in [-0.25, -0.2) is 0 Å². The predicted octanol–water partition coefficient (Wildman–Crippen LogP) is 4.77. The summed E-state index contributed by atoms with van der Waals surface area (Å²) in [5, 5.41) is 2.34. The van der Waals surface area contributed by atoms with Gasteiger partial charge in [-0.1, -0.05) is 0 Å². The first-order valence-electron chi connectivity index (χ1n) is 6.40. The minimum atomic E-state index is -7.18. The molecule has 0 atom stereocenters. The molecule has 146 valence electrons. The van der Waals surface area contributed by atoms with E-state index in [0.29, 0.717) is 0 Å². The SMILES string of the molecule is OCCCc1cc(C(F)(F)C(F)(F)C(F)(F)C(F)(F)C(F)(F)Cl)c[nH]1. The van der Waals surface area contributed by atoms with Gasteiger partial charge in [-0.2, -0.15) is 43.9 Å². The maximum absolute atomic E-state index is 13.8. The van der Waals surface area contributed by atoms with Gasteiger partial charge >= 0.3 is 29.1 Å². The average molecular weight is 410 g/mol. The first-order chi connectivity index (χ1) is 11.0. The van der Waals surface area contributed by atoms with E-state index in [1.165, 1.54) is 0 Å². The fraction of sp³-hybridized carbons (Fsp3) is 0.667. The topological polar surface area (TPSA) is 36.0 Å². The van der Waals surface area contributed by atoms with Crippen LogP contribution in [0.3, 0.4) is 0 Å². The maximum atomic E-state index is 13.8. The number of hydrogen-bond acceptors (Lipinski definition) is 1. The van der Waals surface area contributed by atoms with Crippen LogP contribution in [0.1, 0.15) is 17.7 Å². The lowest BCUT2D eigenvalue weighted by molar-refractivity contribution is -0.393. The fourth-order valence-corrected chi connectivity index (χ4v) is 1.91. The Morgan fingerprint density at radius 3 is 1.84 bits per heavy atom. The third kappa shape index (κ3) is 3.42. The molecule has 0 saturated heterocycles. The van der Waals surface area contributed by atoms with Crippen molar-refractivity contribution in [2.24, 2.45) is 0 Å². The average Bonchev–Trinajstić information content (AvgIpc) is 2.92. The molecule has 1 aromatic heterocycles.